The minimum atomic E-state index is 0.862. The molecule has 1 aromatic heterocycles. The Kier molecular flexibility index (Phi) is 2.27. The first-order chi connectivity index (χ1) is 6.75. The molecule has 1 heterocycles. The lowest BCUT2D eigenvalue weighted by molar-refractivity contribution is 0.805. The fraction of sp³-hybridized carbons (Fsp3) is 0.167. The normalized spacial score (nSPS) is 10.4. The highest BCUT2D eigenvalue weighted by atomic mass is 15.0. The van der Waals surface area contributed by atoms with E-state index in [4.69, 9.17) is 5.73 Å². The summed E-state index contributed by atoms with van der Waals surface area (Å²) >= 11 is 0. The molecule has 0 spiro atoms. The molecule has 0 atom stereocenters. The van der Waals surface area contributed by atoms with Crippen LogP contribution in [0.5, 0.6) is 0 Å². The molecule has 0 aliphatic heterocycles. The van der Waals surface area contributed by atoms with Gasteiger partial charge in [0.25, 0.3) is 0 Å². The van der Waals surface area contributed by atoms with Crippen LogP contribution in [0.1, 0.15) is 11.1 Å². The van der Waals surface area contributed by atoms with Crippen LogP contribution in [0.3, 0.4) is 0 Å². The average molecular weight is 186 g/mol. The van der Waals surface area contributed by atoms with E-state index in [-0.39, 0.29) is 0 Å². The smallest absolute Gasteiger partial charge is 0.0523 e. The van der Waals surface area contributed by atoms with Crippen molar-refractivity contribution in [3.05, 3.63) is 53.9 Å². The highest BCUT2D eigenvalue weighted by Gasteiger charge is 1.98. The molecule has 0 fully saturated rings. The Balaban J connectivity index is 2.19. The fourth-order valence-corrected chi connectivity index (χ4v) is 1.53. The van der Waals surface area contributed by atoms with Crippen molar-refractivity contribution >= 4 is 5.69 Å². The van der Waals surface area contributed by atoms with E-state index >= 15 is 0 Å². The van der Waals surface area contributed by atoms with Gasteiger partial charge in [0.15, 0.2) is 0 Å². The van der Waals surface area contributed by atoms with Crippen molar-refractivity contribution in [1.82, 2.24) is 4.57 Å². The Hall–Kier alpha value is -1.70. The first kappa shape index (κ1) is 8.88. The second-order valence-corrected chi connectivity index (χ2v) is 3.55. The molecule has 0 radical (unpaired) electrons. The third kappa shape index (κ3) is 1.79. The van der Waals surface area contributed by atoms with Crippen molar-refractivity contribution in [1.29, 1.82) is 0 Å². The molecule has 2 rings (SSSR count). The van der Waals surface area contributed by atoms with Crippen LogP contribution in [-0.4, -0.2) is 4.57 Å². The minimum absolute atomic E-state index is 0.862. The molecule has 2 heteroatoms. The van der Waals surface area contributed by atoms with Gasteiger partial charge in [-0.1, -0.05) is 30.3 Å². The molecule has 14 heavy (non-hydrogen) atoms. The van der Waals surface area contributed by atoms with E-state index in [1.54, 1.807) is 0 Å². The van der Waals surface area contributed by atoms with Crippen LogP contribution in [0.2, 0.25) is 0 Å². The first-order valence-electron chi connectivity index (χ1n) is 4.71. The Labute approximate surface area is 84.0 Å². The van der Waals surface area contributed by atoms with Gasteiger partial charge in [-0.15, -0.1) is 0 Å². The summed E-state index contributed by atoms with van der Waals surface area (Å²) in [6.45, 7) is 2.91. The zero-order valence-corrected chi connectivity index (χ0v) is 8.27. The van der Waals surface area contributed by atoms with Crippen molar-refractivity contribution in [2.24, 2.45) is 0 Å². The zero-order valence-electron chi connectivity index (χ0n) is 8.27. The van der Waals surface area contributed by atoms with Crippen molar-refractivity contribution in [2.75, 3.05) is 5.73 Å². The second-order valence-electron chi connectivity index (χ2n) is 3.55. The first-order valence-corrected chi connectivity index (χ1v) is 4.71. The maximum absolute atomic E-state index is 5.77. The molecule has 0 unspecified atom stereocenters. The third-order valence-corrected chi connectivity index (χ3v) is 2.33. The second kappa shape index (κ2) is 3.58. The highest BCUT2D eigenvalue weighted by Crippen LogP contribution is 2.12. The zero-order chi connectivity index (χ0) is 9.97. The van der Waals surface area contributed by atoms with Gasteiger partial charge in [0, 0.05) is 18.9 Å². The Morgan fingerprint density at radius 1 is 1.14 bits per heavy atom. The number of hydrogen-bond donors (Lipinski definition) is 1. The summed E-state index contributed by atoms with van der Waals surface area (Å²) in [7, 11) is 0. The molecular weight excluding hydrogens is 172 g/mol. The average Bonchev–Trinajstić information content (AvgIpc) is 2.47. The quantitative estimate of drug-likeness (QED) is 0.767. The van der Waals surface area contributed by atoms with E-state index in [1.807, 2.05) is 19.2 Å². The molecule has 0 bridgehead atoms. The van der Waals surface area contributed by atoms with Gasteiger partial charge in [-0.3, -0.25) is 0 Å². The summed E-state index contributed by atoms with van der Waals surface area (Å²) < 4.78 is 2.11. The lowest BCUT2D eigenvalue weighted by Gasteiger charge is -2.01. The van der Waals surface area contributed by atoms with E-state index < -0.39 is 0 Å². The van der Waals surface area contributed by atoms with Gasteiger partial charge in [0.05, 0.1) is 5.69 Å². The van der Waals surface area contributed by atoms with Crippen LogP contribution >= 0.6 is 0 Å². The summed E-state index contributed by atoms with van der Waals surface area (Å²) in [5.41, 5.74) is 9.07. The molecule has 0 saturated carbocycles. The van der Waals surface area contributed by atoms with E-state index in [2.05, 4.69) is 35.0 Å². The van der Waals surface area contributed by atoms with Crippen molar-refractivity contribution in [3.63, 3.8) is 0 Å². The van der Waals surface area contributed by atoms with Gasteiger partial charge in [-0.25, -0.2) is 0 Å². The molecule has 2 nitrogen and oxygen atoms in total. The van der Waals surface area contributed by atoms with E-state index in [0.29, 0.717) is 0 Å². The maximum atomic E-state index is 5.77. The van der Waals surface area contributed by atoms with Crippen molar-refractivity contribution in [3.8, 4) is 0 Å². The number of aryl methyl sites for hydroxylation is 1. The SMILES string of the molecule is Cc1cn(Cc2ccccc2)cc1N. The number of nitrogen functional groups attached to an aromatic ring is 1. The maximum Gasteiger partial charge on any atom is 0.0523 e. The van der Waals surface area contributed by atoms with Gasteiger partial charge in [0.2, 0.25) is 0 Å². The number of aromatic nitrogens is 1. The molecular formula is C12H14N2. The number of rotatable bonds is 2. The molecule has 72 valence electrons. The molecule has 0 aliphatic rings. The van der Waals surface area contributed by atoms with Gasteiger partial charge < -0.3 is 10.3 Å². The van der Waals surface area contributed by atoms with Gasteiger partial charge >= 0.3 is 0 Å². The molecule has 0 amide bonds. The summed E-state index contributed by atoms with van der Waals surface area (Å²) in [4.78, 5) is 0. The van der Waals surface area contributed by atoms with Crippen LogP contribution < -0.4 is 5.73 Å². The Morgan fingerprint density at radius 2 is 1.86 bits per heavy atom. The van der Waals surface area contributed by atoms with Crippen LogP contribution in [0.25, 0.3) is 0 Å². The third-order valence-electron chi connectivity index (χ3n) is 2.33. The topological polar surface area (TPSA) is 30.9 Å². The summed E-state index contributed by atoms with van der Waals surface area (Å²) in [6.07, 6.45) is 4.05. The fourth-order valence-electron chi connectivity index (χ4n) is 1.53. The summed E-state index contributed by atoms with van der Waals surface area (Å²) in [5.74, 6) is 0. The lowest BCUT2D eigenvalue weighted by Crippen LogP contribution is -1.95. The van der Waals surface area contributed by atoms with Gasteiger partial charge in [0.1, 0.15) is 0 Å². The number of nitrogens with zero attached hydrogens (tertiary/aromatic N) is 1. The summed E-state index contributed by atoms with van der Waals surface area (Å²) in [6, 6.07) is 10.4. The predicted octanol–water partition coefficient (Wildman–Crippen LogP) is 2.43. The van der Waals surface area contributed by atoms with E-state index in [0.717, 1.165) is 17.8 Å². The standard InChI is InChI=1S/C12H14N2/c1-10-7-14(9-12(10)13)8-11-5-3-2-4-6-11/h2-7,9H,8,13H2,1H3. The molecule has 2 aromatic rings. The molecule has 2 N–H and O–H groups in total. The van der Waals surface area contributed by atoms with Crippen molar-refractivity contribution < 1.29 is 0 Å². The van der Waals surface area contributed by atoms with Crippen LogP contribution in [0, 0.1) is 6.92 Å². The monoisotopic (exact) mass is 186 g/mol. The number of nitrogens with two attached hydrogens (primary N) is 1. The molecule has 0 aliphatic carbocycles. The van der Waals surface area contributed by atoms with Gasteiger partial charge in [-0.05, 0) is 18.1 Å². The number of hydrogen-bond acceptors (Lipinski definition) is 1. The Bertz CT molecular complexity index is 396. The molecule has 1 aromatic carbocycles. The predicted molar refractivity (Wildman–Crippen MR) is 59.1 cm³/mol. The van der Waals surface area contributed by atoms with Crippen molar-refractivity contribution in [2.45, 2.75) is 13.5 Å². The lowest BCUT2D eigenvalue weighted by atomic mass is 10.2. The molecule has 0 saturated heterocycles. The van der Waals surface area contributed by atoms with Crippen LogP contribution in [-0.2, 0) is 6.54 Å². The van der Waals surface area contributed by atoms with E-state index in [9.17, 15) is 0 Å². The summed E-state index contributed by atoms with van der Waals surface area (Å²) in [5, 5.41) is 0. The Morgan fingerprint density at radius 3 is 2.43 bits per heavy atom. The van der Waals surface area contributed by atoms with Crippen LogP contribution in [0.4, 0.5) is 5.69 Å². The number of anilines is 1. The van der Waals surface area contributed by atoms with Gasteiger partial charge in [-0.2, -0.15) is 0 Å². The van der Waals surface area contributed by atoms with Crippen LogP contribution in [0.15, 0.2) is 42.7 Å². The minimum Gasteiger partial charge on any atom is -0.397 e. The number of benzene rings is 1. The van der Waals surface area contributed by atoms with E-state index in [1.165, 1.54) is 5.56 Å². The largest absolute Gasteiger partial charge is 0.397 e. The highest BCUT2D eigenvalue weighted by molar-refractivity contribution is 5.44.